The van der Waals surface area contributed by atoms with Gasteiger partial charge in [-0.25, -0.2) is 4.79 Å². The Kier molecular flexibility index (Phi) is 7.53. The van der Waals surface area contributed by atoms with E-state index in [1.165, 1.54) is 23.4 Å². The van der Waals surface area contributed by atoms with E-state index in [0.717, 1.165) is 35.8 Å². The fraction of sp³-hybridized carbons (Fsp3) is 0.333. The molecule has 0 saturated carbocycles. The highest BCUT2D eigenvalue weighted by Gasteiger charge is 2.10. The Labute approximate surface area is 175 Å². The molecular formula is C24H27NO3S. The molecule has 0 spiro atoms. The van der Waals surface area contributed by atoms with Gasteiger partial charge in [0, 0.05) is 23.2 Å². The van der Waals surface area contributed by atoms with Crippen molar-refractivity contribution in [1.29, 1.82) is 0 Å². The summed E-state index contributed by atoms with van der Waals surface area (Å²) in [5.74, 6) is 0.986. The summed E-state index contributed by atoms with van der Waals surface area (Å²) in [7, 11) is 0. The van der Waals surface area contributed by atoms with E-state index in [-0.39, 0.29) is 17.6 Å². The largest absolute Gasteiger partial charge is 0.423 e. The van der Waals surface area contributed by atoms with Crippen LogP contribution in [0.1, 0.15) is 37.0 Å². The third-order valence-electron chi connectivity index (χ3n) is 4.91. The smallest absolute Gasteiger partial charge is 0.336 e. The summed E-state index contributed by atoms with van der Waals surface area (Å²) < 4.78 is 5.34. The van der Waals surface area contributed by atoms with Crippen molar-refractivity contribution >= 4 is 28.6 Å². The van der Waals surface area contributed by atoms with Gasteiger partial charge in [0.25, 0.3) is 0 Å². The Bertz CT molecular complexity index is 1010. The predicted molar refractivity (Wildman–Crippen MR) is 120 cm³/mol. The van der Waals surface area contributed by atoms with Crippen molar-refractivity contribution in [3.63, 3.8) is 0 Å². The number of hydrogen-bond acceptors (Lipinski definition) is 4. The van der Waals surface area contributed by atoms with E-state index in [0.29, 0.717) is 17.1 Å². The molecule has 0 bridgehead atoms. The number of fused-ring (bicyclic) bond motifs is 1. The van der Waals surface area contributed by atoms with Gasteiger partial charge >= 0.3 is 5.63 Å². The van der Waals surface area contributed by atoms with Crippen molar-refractivity contribution in [3.05, 3.63) is 81.7 Å². The first-order chi connectivity index (χ1) is 14.0. The molecule has 0 aliphatic heterocycles. The van der Waals surface area contributed by atoms with Crippen LogP contribution < -0.4 is 10.9 Å². The molecule has 1 aromatic heterocycles. The lowest BCUT2D eigenvalue weighted by atomic mass is 10.1. The lowest BCUT2D eigenvalue weighted by molar-refractivity contribution is -0.119. The van der Waals surface area contributed by atoms with Crippen LogP contribution in [0.4, 0.5) is 0 Å². The lowest BCUT2D eigenvalue weighted by Gasteiger charge is -2.14. The third-order valence-corrected chi connectivity index (χ3v) is 5.89. The van der Waals surface area contributed by atoms with E-state index >= 15 is 0 Å². The number of benzene rings is 2. The van der Waals surface area contributed by atoms with Gasteiger partial charge in [-0.3, -0.25) is 4.79 Å². The van der Waals surface area contributed by atoms with Crippen molar-refractivity contribution in [2.75, 3.05) is 5.75 Å². The predicted octanol–water partition coefficient (Wildman–Crippen LogP) is 4.73. The van der Waals surface area contributed by atoms with Gasteiger partial charge in [0.1, 0.15) is 5.58 Å². The van der Waals surface area contributed by atoms with Crippen molar-refractivity contribution in [1.82, 2.24) is 5.32 Å². The van der Waals surface area contributed by atoms with E-state index in [2.05, 4.69) is 30.4 Å². The van der Waals surface area contributed by atoms with Crippen LogP contribution in [0.3, 0.4) is 0 Å². The molecule has 29 heavy (non-hydrogen) atoms. The molecule has 0 aliphatic rings. The van der Waals surface area contributed by atoms with Crippen LogP contribution in [0.25, 0.3) is 11.0 Å². The molecule has 0 radical (unpaired) electrons. The average Bonchev–Trinajstić information content (AvgIpc) is 2.72. The van der Waals surface area contributed by atoms with Crippen molar-refractivity contribution < 1.29 is 9.21 Å². The average molecular weight is 410 g/mol. The maximum Gasteiger partial charge on any atom is 0.336 e. The Hall–Kier alpha value is -2.53. The number of hydrogen-bond donors (Lipinski definition) is 1. The second kappa shape index (κ2) is 10.3. The van der Waals surface area contributed by atoms with Gasteiger partial charge in [-0.15, -0.1) is 11.8 Å². The molecule has 1 heterocycles. The standard InChI is InChI=1S/C24H27NO3S/c1-3-18-11-12-21-20(14-24(27)28-22(21)13-18)15-29-16-23(26)25-17(2)9-10-19-7-5-4-6-8-19/h4-8,11-14,17H,3,9-10,15-16H2,1-2H3,(H,25,26)/t17-/m0/s1. The molecule has 1 N–H and O–H groups in total. The Morgan fingerprint density at radius 2 is 1.90 bits per heavy atom. The van der Waals surface area contributed by atoms with Gasteiger partial charge in [0.15, 0.2) is 0 Å². The highest BCUT2D eigenvalue weighted by atomic mass is 32.2. The molecule has 1 atom stereocenters. The fourth-order valence-electron chi connectivity index (χ4n) is 3.28. The van der Waals surface area contributed by atoms with Crippen LogP contribution in [0.15, 0.2) is 63.8 Å². The first-order valence-electron chi connectivity index (χ1n) is 10.0. The highest BCUT2D eigenvalue weighted by Crippen LogP contribution is 2.22. The summed E-state index contributed by atoms with van der Waals surface area (Å²) in [6, 6.07) is 17.9. The monoisotopic (exact) mass is 409 g/mol. The van der Waals surface area contributed by atoms with E-state index in [1.54, 1.807) is 0 Å². The van der Waals surface area contributed by atoms with Crippen LogP contribution in [-0.2, 0) is 23.4 Å². The van der Waals surface area contributed by atoms with E-state index in [4.69, 9.17) is 4.42 Å². The van der Waals surface area contributed by atoms with Crippen LogP contribution in [-0.4, -0.2) is 17.7 Å². The number of thioether (sulfide) groups is 1. The normalized spacial score (nSPS) is 12.1. The van der Waals surface area contributed by atoms with Gasteiger partial charge in [-0.1, -0.05) is 49.4 Å². The molecule has 0 aliphatic carbocycles. The molecular weight excluding hydrogens is 382 g/mol. The summed E-state index contributed by atoms with van der Waals surface area (Å²) in [5, 5.41) is 4.00. The molecule has 5 heteroatoms. The van der Waals surface area contributed by atoms with Crippen LogP contribution in [0.2, 0.25) is 0 Å². The molecule has 0 saturated heterocycles. The zero-order chi connectivity index (χ0) is 20.6. The Morgan fingerprint density at radius 1 is 1.10 bits per heavy atom. The van der Waals surface area contributed by atoms with Crippen molar-refractivity contribution in [2.24, 2.45) is 0 Å². The summed E-state index contributed by atoms with van der Waals surface area (Å²) in [6.45, 7) is 4.10. The van der Waals surface area contributed by atoms with E-state index in [9.17, 15) is 9.59 Å². The molecule has 152 valence electrons. The molecule has 4 nitrogen and oxygen atoms in total. The van der Waals surface area contributed by atoms with E-state index < -0.39 is 0 Å². The molecule has 2 aromatic carbocycles. The minimum atomic E-state index is -0.347. The zero-order valence-corrected chi connectivity index (χ0v) is 17.8. The number of rotatable bonds is 9. The number of nitrogens with one attached hydrogen (secondary N) is 1. The molecule has 0 fully saturated rings. The third kappa shape index (κ3) is 6.23. The van der Waals surface area contributed by atoms with E-state index in [1.807, 2.05) is 37.3 Å². The molecule has 0 unspecified atom stereocenters. The second-order valence-electron chi connectivity index (χ2n) is 7.26. The van der Waals surface area contributed by atoms with Gasteiger partial charge in [-0.2, -0.15) is 0 Å². The van der Waals surface area contributed by atoms with Crippen LogP contribution >= 0.6 is 11.8 Å². The first kappa shape index (κ1) is 21.2. The minimum absolute atomic E-state index is 0.0242. The SMILES string of the molecule is CCc1ccc2c(CSCC(=O)N[C@@H](C)CCc3ccccc3)cc(=O)oc2c1. The number of aryl methyl sites for hydroxylation is 2. The molecule has 3 aromatic rings. The summed E-state index contributed by atoms with van der Waals surface area (Å²) in [6.07, 6.45) is 2.74. The summed E-state index contributed by atoms with van der Waals surface area (Å²) in [5.41, 5.74) is 3.60. The number of amides is 1. The maximum atomic E-state index is 12.3. The quantitative estimate of drug-likeness (QED) is 0.519. The fourth-order valence-corrected chi connectivity index (χ4v) is 4.11. The summed E-state index contributed by atoms with van der Waals surface area (Å²) >= 11 is 1.51. The van der Waals surface area contributed by atoms with Crippen molar-refractivity contribution in [3.8, 4) is 0 Å². The second-order valence-corrected chi connectivity index (χ2v) is 8.25. The van der Waals surface area contributed by atoms with Gasteiger partial charge < -0.3 is 9.73 Å². The summed E-state index contributed by atoms with van der Waals surface area (Å²) in [4.78, 5) is 24.1. The minimum Gasteiger partial charge on any atom is -0.423 e. The zero-order valence-electron chi connectivity index (χ0n) is 16.9. The lowest BCUT2D eigenvalue weighted by Crippen LogP contribution is -2.34. The Morgan fingerprint density at radius 3 is 2.66 bits per heavy atom. The molecule has 1 amide bonds. The van der Waals surface area contributed by atoms with Gasteiger partial charge in [0.05, 0.1) is 5.75 Å². The number of carbonyl (C=O) groups excluding carboxylic acids is 1. The maximum absolute atomic E-state index is 12.3. The Balaban J connectivity index is 1.50. The van der Waals surface area contributed by atoms with Crippen molar-refractivity contribution in [2.45, 2.75) is 44.9 Å². The van der Waals surface area contributed by atoms with Crippen LogP contribution in [0, 0.1) is 0 Å². The van der Waals surface area contributed by atoms with Gasteiger partial charge in [0.2, 0.25) is 5.91 Å². The van der Waals surface area contributed by atoms with Gasteiger partial charge in [-0.05, 0) is 48.9 Å². The van der Waals surface area contributed by atoms with Crippen LogP contribution in [0.5, 0.6) is 0 Å². The highest BCUT2D eigenvalue weighted by molar-refractivity contribution is 7.99. The number of carbonyl (C=O) groups is 1. The molecule has 3 rings (SSSR count). The first-order valence-corrected chi connectivity index (χ1v) is 11.2. The topological polar surface area (TPSA) is 59.3 Å².